The van der Waals surface area contributed by atoms with Gasteiger partial charge in [0.05, 0.1) is 11.0 Å². The highest BCUT2D eigenvalue weighted by atomic mass is 16.5. The van der Waals surface area contributed by atoms with E-state index in [0.717, 1.165) is 30.1 Å². The molecule has 0 spiro atoms. The third-order valence-corrected chi connectivity index (χ3v) is 4.27. The summed E-state index contributed by atoms with van der Waals surface area (Å²) in [5.74, 6) is 1.86. The van der Waals surface area contributed by atoms with Crippen molar-refractivity contribution in [1.29, 1.82) is 0 Å². The number of imidazole rings is 1. The molecule has 0 N–H and O–H groups in total. The first-order valence-corrected chi connectivity index (χ1v) is 8.41. The minimum Gasteiger partial charge on any atom is -0.486 e. The Bertz CT molecular complexity index is 987. The second-order valence-corrected chi connectivity index (χ2v) is 5.97. The van der Waals surface area contributed by atoms with Crippen LogP contribution in [0.15, 0.2) is 66.7 Å². The van der Waals surface area contributed by atoms with Gasteiger partial charge in [-0.05, 0) is 41.5 Å². The molecule has 0 unspecified atom stereocenters. The van der Waals surface area contributed by atoms with Crippen LogP contribution in [0.1, 0.15) is 19.2 Å². The Kier molecular flexibility index (Phi) is 3.91. The molecule has 4 rings (SSSR count). The van der Waals surface area contributed by atoms with Gasteiger partial charge in [-0.15, -0.1) is 0 Å². The monoisotopic (exact) mass is 316 g/mol. The molecule has 3 nitrogen and oxygen atoms in total. The maximum Gasteiger partial charge on any atom is 0.147 e. The average molecular weight is 316 g/mol. The highest BCUT2D eigenvalue weighted by Gasteiger charge is 2.10. The van der Waals surface area contributed by atoms with Crippen molar-refractivity contribution in [3.05, 3.63) is 72.6 Å². The summed E-state index contributed by atoms with van der Waals surface area (Å²) in [6.07, 6.45) is 1.07. The second-order valence-electron chi connectivity index (χ2n) is 5.97. The Labute approximate surface area is 141 Å². The van der Waals surface area contributed by atoms with E-state index in [1.54, 1.807) is 0 Å². The Balaban J connectivity index is 1.62. The number of nitrogens with zero attached hydrogens (tertiary/aromatic N) is 2. The van der Waals surface area contributed by atoms with Gasteiger partial charge in [0.1, 0.15) is 18.2 Å². The fourth-order valence-electron chi connectivity index (χ4n) is 3.11. The van der Waals surface area contributed by atoms with Crippen molar-refractivity contribution < 1.29 is 4.74 Å². The van der Waals surface area contributed by atoms with Gasteiger partial charge in [-0.1, -0.05) is 49.4 Å². The molecule has 0 aliphatic heterocycles. The summed E-state index contributed by atoms with van der Waals surface area (Å²) >= 11 is 0. The lowest BCUT2D eigenvalue weighted by atomic mass is 10.1. The van der Waals surface area contributed by atoms with Crippen LogP contribution in [0.4, 0.5) is 0 Å². The van der Waals surface area contributed by atoms with E-state index in [2.05, 4.69) is 60.0 Å². The average Bonchev–Trinajstić information content (AvgIpc) is 2.98. The number of para-hydroxylation sites is 2. The molecule has 0 aliphatic carbocycles. The molecular weight excluding hydrogens is 296 g/mol. The first-order chi connectivity index (χ1) is 11.8. The SMILES string of the molecule is CCCn1c(COc2ccc3ccccc3c2)nc2ccccc21. The fourth-order valence-corrected chi connectivity index (χ4v) is 3.11. The summed E-state index contributed by atoms with van der Waals surface area (Å²) in [5, 5.41) is 2.42. The third kappa shape index (κ3) is 2.73. The van der Waals surface area contributed by atoms with Crippen molar-refractivity contribution >= 4 is 21.8 Å². The van der Waals surface area contributed by atoms with Gasteiger partial charge in [-0.25, -0.2) is 4.98 Å². The number of hydrogen-bond donors (Lipinski definition) is 0. The largest absolute Gasteiger partial charge is 0.486 e. The molecule has 0 amide bonds. The van der Waals surface area contributed by atoms with Crippen LogP contribution in [0.25, 0.3) is 21.8 Å². The van der Waals surface area contributed by atoms with Crippen molar-refractivity contribution in [1.82, 2.24) is 9.55 Å². The molecule has 0 atom stereocenters. The maximum absolute atomic E-state index is 6.03. The Morgan fingerprint density at radius 1 is 0.917 bits per heavy atom. The number of ether oxygens (including phenoxy) is 1. The fraction of sp³-hybridized carbons (Fsp3) is 0.190. The van der Waals surface area contributed by atoms with E-state index < -0.39 is 0 Å². The third-order valence-electron chi connectivity index (χ3n) is 4.27. The van der Waals surface area contributed by atoms with Gasteiger partial charge < -0.3 is 9.30 Å². The van der Waals surface area contributed by atoms with Crippen LogP contribution in [0.3, 0.4) is 0 Å². The van der Waals surface area contributed by atoms with Crippen molar-refractivity contribution in [2.24, 2.45) is 0 Å². The lowest BCUT2D eigenvalue weighted by Crippen LogP contribution is -2.07. The van der Waals surface area contributed by atoms with Gasteiger partial charge >= 0.3 is 0 Å². The van der Waals surface area contributed by atoms with E-state index in [1.807, 2.05) is 18.2 Å². The molecule has 1 aromatic heterocycles. The van der Waals surface area contributed by atoms with Gasteiger partial charge in [0.25, 0.3) is 0 Å². The van der Waals surface area contributed by atoms with Gasteiger partial charge in [0.2, 0.25) is 0 Å². The molecule has 1 heterocycles. The number of hydrogen-bond acceptors (Lipinski definition) is 2. The van der Waals surface area contributed by atoms with Crippen molar-refractivity contribution in [3.8, 4) is 5.75 Å². The second kappa shape index (κ2) is 6.36. The van der Waals surface area contributed by atoms with E-state index >= 15 is 0 Å². The predicted molar refractivity (Wildman–Crippen MR) is 98.3 cm³/mol. The molecule has 24 heavy (non-hydrogen) atoms. The summed E-state index contributed by atoms with van der Waals surface area (Å²) in [7, 11) is 0. The molecule has 120 valence electrons. The van der Waals surface area contributed by atoms with Crippen molar-refractivity contribution in [2.75, 3.05) is 0 Å². The molecule has 0 saturated heterocycles. The molecule has 0 aliphatic rings. The Morgan fingerprint density at radius 2 is 1.71 bits per heavy atom. The van der Waals surface area contributed by atoms with Crippen LogP contribution < -0.4 is 4.74 Å². The van der Waals surface area contributed by atoms with Gasteiger partial charge in [0, 0.05) is 6.54 Å². The summed E-state index contributed by atoms with van der Waals surface area (Å²) in [6, 6.07) is 22.8. The number of aryl methyl sites for hydroxylation is 1. The normalized spacial score (nSPS) is 11.2. The molecule has 4 aromatic rings. The van der Waals surface area contributed by atoms with E-state index in [4.69, 9.17) is 9.72 Å². The van der Waals surface area contributed by atoms with Crippen molar-refractivity contribution in [3.63, 3.8) is 0 Å². The van der Waals surface area contributed by atoms with Crippen LogP contribution in [-0.2, 0) is 13.2 Å². The summed E-state index contributed by atoms with van der Waals surface area (Å²) in [6.45, 7) is 3.62. The Morgan fingerprint density at radius 3 is 2.58 bits per heavy atom. The minimum atomic E-state index is 0.479. The number of fused-ring (bicyclic) bond motifs is 2. The zero-order valence-electron chi connectivity index (χ0n) is 13.8. The summed E-state index contributed by atoms with van der Waals surface area (Å²) in [5.41, 5.74) is 2.21. The number of aromatic nitrogens is 2. The van der Waals surface area contributed by atoms with Gasteiger partial charge in [0.15, 0.2) is 0 Å². The topological polar surface area (TPSA) is 27.1 Å². The lowest BCUT2D eigenvalue weighted by Gasteiger charge is -2.10. The van der Waals surface area contributed by atoms with Crippen LogP contribution in [0, 0.1) is 0 Å². The lowest BCUT2D eigenvalue weighted by molar-refractivity contribution is 0.290. The van der Waals surface area contributed by atoms with E-state index in [1.165, 1.54) is 16.3 Å². The highest BCUT2D eigenvalue weighted by Crippen LogP contribution is 2.22. The molecule has 0 saturated carbocycles. The number of rotatable bonds is 5. The van der Waals surface area contributed by atoms with Crippen LogP contribution >= 0.6 is 0 Å². The quantitative estimate of drug-likeness (QED) is 0.507. The molecule has 0 radical (unpaired) electrons. The van der Waals surface area contributed by atoms with E-state index in [-0.39, 0.29) is 0 Å². The predicted octanol–water partition coefficient (Wildman–Crippen LogP) is 5.18. The van der Waals surface area contributed by atoms with E-state index in [9.17, 15) is 0 Å². The number of benzene rings is 3. The van der Waals surface area contributed by atoms with Crippen LogP contribution in [0.5, 0.6) is 5.75 Å². The molecule has 0 bridgehead atoms. The first kappa shape index (κ1) is 14.8. The van der Waals surface area contributed by atoms with E-state index in [0.29, 0.717) is 6.61 Å². The molecule has 0 fully saturated rings. The van der Waals surface area contributed by atoms with Gasteiger partial charge in [-0.3, -0.25) is 0 Å². The molecule has 3 aromatic carbocycles. The molecular formula is C21H20N2O. The molecule has 3 heteroatoms. The minimum absolute atomic E-state index is 0.479. The van der Waals surface area contributed by atoms with Crippen molar-refractivity contribution in [2.45, 2.75) is 26.5 Å². The van der Waals surface area contributed by atoms with Gasteiger partial charge in [-0.2, -0.15) is 0 Å². The first-order valence-electron chi connectivity index (χ1n) is 8.41. The van der Waals surface area contributed by atoms with Crippen LogP contribution in [0.2, 0.25) is 0 Å². The summed E-state index contributed by atoms with van der Waals surface area (Å²) in [4.78, 5) is 4.75. The Hall–Kier alpha value is -2.81. The smallest absolute Gasteiger partial charge is 0.147 e. The highest BCUT2D eigenvalue weighted by molar-refractivity contribution is 5.83. The summed E-state index contributed by atoms with van der Waals surface area (Å²) < 4.78 is 8.29. The zero-order chi connectivity index (χ0) is 16.4. The standard InChI is InChI=1S/C21H20N2O/c1-2-13-23-20-10-6-5-9-19(20)22-21(23)15-24-18-12-11-16-7-3-4-8-17(16)14-18/h3-12,14H,2,13,15H2,1H3. The van der Waals surface area contributed by atoms with Crippen LogP contribution in [-0.4, -0.2) is 9.55 Å². The zero-order valence-corrected chi connectivity index (χ0v) is 13.8. The maximum atomic E-state index is 6.03.